The van der Waals surface area contributed by atoms with Crippen molar-refractivity contribution in [2.75, 3.05) is 18.0 Å². The summed E-state index contributed by atoms with van der Waals surface area (Å²) >= 11 is -2.24. The van der Waals surface area contributed by atoms with Crippen molar-refractivity contribution in [3.63, 3.8) is 0 Å². The predicted molar refractivity (Wildman–Crippen MR) is 119 cm³/mol. The Morgan fingerprint density at radius 1 is 1.33 bits per heavy atom. The molecule has 0 spiro atoms. The molecule has 11 nitrogen and oxygen atoms in total. The molecule has 0 aromatic carbocycles. The quantitative estimate of drug-likeness (QED) is 0.406. The van der Waals surface area contributed by atoms with Gasteiger partial charge in [0.05, 0.1) is 36.2 Å². The van der Waals surface area contributed by atoms with Crippen molar-refractivity contribution < 1.29 is 8.76 Å². The Balaban J connectivity index is 1.37. The van der Waals surface area contributed by atoms with Gasteiger partial charge in [0.1, 0.15) is 23.6 Å². The third-order valence-corrected chi connectivity index (χ3v) is 6.39. The fourth-order valence-corrected chi connectivity index (χ4v) is 4.71. The first-order valence-electron chi connectivity index (χ1n) is 10.4. The highest BCUT2D eigenvalue weighted by atomic mass is 32.2. The Kier molecular flexibility index (Phi) is 5.80. The van der Waals surface area contributed by atoms with Crippen LogP contribution < -0.4 is 4.90 Å². The highest BCUT2D eigenvalue weighted by Gasteiger charge is 2.32. The monoisotopic (exact) mass is 462 g/mol. The zero-order valence-corrected chi connectivity index (χ0v) is 18.4. The van der Waals surface area contributed by atoms with Crippen LogP contribution in [0.5, 0.6) is 0 Å². The smallest absolute Gasteiger partial charge is 0.141 e. The van der Waals surface area contributed by atoms with Crippen molar-refractivity contribution in [1.29, 1.82) is 5.26 Å². The Labute approximate surface area is 191 Å². The van der Waals surface area contributed by atoms with E-state index in [0.29, 0.717) is 18.8 Å². The first-order valence-corrected chi connectivity index (χ1v) is 11.7. The molecule has 168 valence electrons. The minimum atomic E-state index is -2.24. The topological polar surface area (TPSA) is 152 Å². The van der Waals surface area contributed by atoms with Crippen LogP contribution in [0.1, 0.15) is 24.7 Å². The average molecular weight is 463 g/mol. The molecule has 0 amide bonds. The summed E-state index contributed by atoms with van der Waals surface area (Å²) in [6.07, 6.45) is 9.82. The number of nitrogens with zero attached hydrogens (tertiary/aromatic N) is 8. The SMILES string of the molecule is N#CCC(C1CCN(c2ccnc(CS(=O)[O-])n2)C1)n1cc(-c2ncnc3[nH]ccc23)cn1. The third kappa shape index (κ3) is 4.33. The van der Waals surface area contributed by atoms with E-state index in [1.165, 1.54) is 6.33 Å². The van der Waals surface area contributed by atoms with Crippen molar-refractivity contribution >= 4 is 27.9 Å². The minimum absolute atomic E-state index is 0.104. The van der Waals surface area contributed by atoms with Gasteiger partial charge in [0.2, 0.25) is 0 Å². The van der Waals surface area contributed by atoms with Crippen molar-refractivity contribution in [3.05, 3.63) is 49.1 Å². The standard InChI is InChI=1S/C21H21N9O2S/c22-5-1-17(14-4-8-29(10-14)19-3-7-23-18(28-19)12-33(31)32)30-11-15(9-27-30)20-16-2-6-24-21(16)26-13-25-20/h2-3,6-7,9,11,13-14,17H,1,4,8,10,12H2,(H,31,32)(H,24,25,26)/p-1. The molecule has 1 N–H and O–H groups in total. The number of H-pyrrole nitrogens is 1. The van der Waals surface area contributed by atoms with Gasteiger partial charge in [0, 0.05) is 48.5 Å². The number of aromatic amines is 1. The normalized spacial score (nSPS) is 17.8. The van der Waals surface area contributed by atoms with E-state index >= 15 is 0 Å². The molecule has 0 saturated carbocycles. The summed E-state index contributed by atoms with van der Waals surface area (Å²) in [6.45, 7) is 1.45. The van der Waals surface area contributed by atoms with Crippen molar-refractivity contribution in [2.45, 2.75) is 24.6 Å². The molecule has 0 aliphatic carbocycles. The highest BCUT2D eigenvalue weighted by molar-refractivity contribution is 7.78. The lowest BCUT2D eigenvalue weighted by molar-refractivity contribution is 0.332. The van der Waals surface area contributed by atoms with Gasteiger partial charge >= 0.3 is 0 Å². The number of rotatable bonds is 7. The molecule has 1 aliphatic heterocycles. The van der Waals surface area contributed by atoms with E-state index in [-0.39, 0.29) is 23.5 Å². The molecule has 5 rings (SSSR count). The van der Waals surface area contributed by atoms with Crippen LogP contribution in [0.2, 0.25) is 0 Å². The minimum Gasteiger partial charge on any atom is -0.772 e. The maximum Gasteiger partial charge on any atom is 0.141 e. The number of anilines is 1. The zero-order valence-electron chi connectivity index (χ0n) is 17.5. The van der Waals surface area contributed by atoms with Gasteiger partial charge in [-0.3, -0.25) is 8.89 Å². The lowest BCUT2D eigenvalue weighted by atomic mass is 9.96. The van der Waals surface area contributed by atoms with Crippen LogP contribution in [0, 0.1) is 17.2 Å². The number of nitriles is 1. The third-order valence-electron chi connectivity index (χ3n) is 5.90. The molecule has 0 radical (unpaired) electrons. The van der Waals surface area contributed by atoms with Crippen LogP contribution >= 0.6 is 0 Å². The van der Waals surface area contributed by atoms with E-state index in [1.54, 1.807) is 18.5 Å². The molecule has 4 aromatic rings. The van der Waals surface area contributed by atoms with E-state index in [2.05, 4.69) is 41.0 Å². The summed E-state index contributed by atoms with van der Waals surface area (Å²) < 4.78 is 23.8. The van der Waals surface area contributed by atoms with E-state index in [4.69, 9.17) is 0 Å². The Morgan fingerprint density at radius 3 is 3.09 bits per heavy atom. The van der Waals surface area contributed by atoms with Crippen LogP contribution in [0.25, 0.3) is 22.3 Å². The van der Waals surface area contributed by atoms with Gasteiger partial charge in [-0.2, -0.15) is 10.4 Å². The van der Waals surface area contributed by atoms with Gasteiger partial charge in [0.25, 0.3) is 0 Å². The van der Waals surface area contributed by atoms with Crippen LogP contribution in [-0.4, -0.2) is 56.6 Å². The molecule has 33 heavy (non-hydrogen) atoms. The molecule has 1 saturated heterocycles. The van der Waals surface area contributed by atoms with E-state index in [9.17, 15) is 14.0 Å². The second-order valence-electron chi connectivity index (χ2n) is 7.87. The second kappa shape index (κ2) is 9.05. The maximum atomic E-state index is 11.0. The van der Waals surface area contributed by atoms with Crippen molar-refractivity contribution in [3.8, 4) is 17.3 Å². The van der Waals surface area contributed by atoms with Crippen molar-refractivity contribution in [2.24, 2.45) is 5.92 Å². The van der Waals surface area contributed by atoms with Gasteiger partial charge in [-0.25, -0.2) is 19.9 Å². The molecule has 5 heterocycles. The summed E-state index contributed by atoms with van der Waals surface area (Å²) in [7, 11) is 0. The summed E-state index contributed by atoms with van der Waals surface area (Å²) in [5.41, 5.74) is 2.42. The van der Waals surface area contributed by atoms with Crippen LogP contribution in [-0.2, 0) is 16.8 Å². The molecule has 1 aliphatic rings. The van der Waals surface area contributed by atoms with Crippen molar-refractivity contribution in [1.82, 2.24) is 34.7 Å². The Bertz CT molecular complexity index is 1340. The average Bonchev–Trinajstić information content (AvgIpc) is 3.58. The Morgan fingerprint density at radius 2 is 2.24 bits per heavy atom. The van der Waals surface area contributed by atoms with Gasteiger partial charge in [-0.15, -0.1) is 0 Å². The lowest BCUT2D eigenvalue weighted by Gasteiger charge is -2.23. The number of aromatic nitrogens is 7. The molecular weight excluding hydrogens is 442 g/mol. The summed E-state index contributed by atoms with van der Waals surface area (Å²) in [4.78, 5) is 22.3. The molecule has 3 unspecified atom stereocenters. The fourth-order valence-electron chi connectivity index (χ4n) is 4.36. The van der Waals surface area contributed by atoms with E-state index < -0.39 is 11.1 Å². The molecule has 0 bridgehead atoms. The first-order chi connectivity index (χ1) is 16.1. The largest absolute Gasteiger partial charge is 0.772 e. The first kappa shape index (κ1) is 21.2. The molecule has 4 aromatic heterocycles. The second-order valence-corrected chi connectivity index (χ2v) is 8.77. The van der Waals surface area contributed by atoms with Gasteiger partial charge in [-0.05, 0) is 29.6 Å². The highest BCUT2D eigenvalue weighted by Crippen LogP contribution is 2.33. The fraction of sp³-hybridized carbons (Fsp3) is 0.333. The van der Waals surface area contributed by atoms with Gasteiger partial charge < -0.3 is 14.4 Å². The number of hydrogen-bond donors (Lipinski definition) is 1. The van der Waals surface area contributed by atoms with Gasteiger partial charge in [0.15, 0.2) is 0 Å². The predicted octanol–water partition coefficient (Wildman–Crippen LogP) is 1.97. The van der Waals surface area contributed by atoms with Crippen LogP contribution in [0.15, 0.2) is 43.2 Å². The zero-order chi connectivity index (χ0) is 22.8. The Hall–Kier alpha value is -3.69. The number of nitrogens with one attached hydrogen (secondary N) is 1. The number of fused-ring (bicyclic) bond motifs is 1. The molecule has 3 atom stereocenters. The summed E-state index contributed by atoms with van der Waals surface area (Å²) in [5.74, 6) is 0.939. The van der Waals surface area contributed by atoms with Gasteiger partial charge in [-0.1, -0.05) is 0 Å². The van der Waals surface area contributed by atoms with Crippen LogP contribution in [0.3, 0.4) is 0 Å². The van der Waals surface area contributed by atoms with E-state index in [0.717, 1.165) is 35.3 Å². The number of hydrogen-bond acceptors (Lipinski definition) is 9. The summed E-state index contributed by atoms with van der Waals surface area (Å²) in [6, 6.07) is 5.91. The summed E-state index contributed by atoms with van der Waals surface area (Å²) in [5, 5.41) is 15.0. The molecule has 12 heteroatoms. The van der Waals surface area contributed by atoms with Crippen LogP contribution in [0.4, 0.5) is 5.82 Å². The lowest BCUT2D eigenvalue weighted by Crippen LogP contribution is -2.26. The van der Waals surface area contributed by atoms with E-state index in [1.807, 2.05) is 23.1 Å². The molecular formula is C21H20N9O2S-. The maximum absolute atomic E-state index is 11.0. The molecule has 1 fully saturated rings.